The maximum Gasteiger partial charge on any atom is 0.266 e. The predicted octanol–water partition coefficient (Wildman–Crippen LogP) is 5.93. The van der Waals surface area contributed by atoms with Gasteiger partial charge in [0.25, 0.3) is 5.91 Å². The third kappa shape index (κ3) is 4.69. The fourth-order valence-electron chi connectivity index (χ4n) is 3.87. The van der Waals surface area contributed by atoms with Gasteiger partial charge in [-0.25, -0.2) is 0 Å². The first kappa shape index (κ1) is 23.6. The van der Waals surface area contributed by atoms with Crippen LogP contribution in [0.15, 0.2) is 72.2 Å². The summed E-state index contributed by atoms with van der Waals surface area (Å²) in [7, 11) is 0. The van der Waals surface area contributed by atoms with Crippen LogP contribution in [-0.4, -0.2) is 26.2 Å². The van der Waals surface area contributed by atoms with Crippen molar-refractivity contribution >= 4 is 40.3 Å². The van der Waals surface area contributed by atoms with E-state index in [1.54, 1.807) is 17.0 Å². The lowest BCUT2D eigenvalue weighted by atomic mass is 10.1. The molecule has 7 heteroatoms. The number of nitrogens with zero attached hydrogens (tertiary/aromatic N) is 3. The van der Waals surface area contributed by atoms with E-state index in [-0.39, 0.29) is 5.91 Å². The molecule has 3 aromatic rings. The molecule has 170 valence electrons. The van der Waals surface area contributed by atoms with Gasteiger partial charge in [0.1, 0.15) is 16.7 Å². The molecule has 1 aromatic heterocycles. The second-order valence-corrected chi connectivity index (χ2v) is 9.47. The average molecular weight is 486 g/mol. The molecule has 5 nitrogen and oxygen atoms in total. The highest BCUT2D eigenvalue weighted by molar-refractivity contribution is 8.26. The summed E-state index contributed by atoms with van der Waals surface area (Å²) >= 11 is 6.66. The summed E-state index contributed by atoms with van der Waals surface area (Å²) in [5.41, 5.74) is 5.54. The van der Waals surface area contributed by atoms with Gasteiger partial charge >= 0.3 is 0 Å². The van der Waals surface area contributed by atoms with Gasteiger partial charge in [0.2, 0.25) is 0 Å². The zero-order valence-corrected chi connectivity index (χ0v) is 20.6. The number of carbonyl (C=O) groups is 1. The van der Waals surface area contributed by atoms with Gasteiger partial charge in [0.05, 0.1) is 16.5 Å². The number of rotatable bonds is 7. The Kier molecular flexibility index (Phi) is 7.01. The Morgan fingerprint density at radius 3 is 2.62 bits per heavy atom. The van der Waals surface area contributed by atoms with Gasteiger partial charge in [-0.3, -0.25) is 9.69 Å². The van der Waals surface area contributed by atoms with E-state index in [9.17, 15) is 10.1 Å². The van der Waals surface area contributed by atoms with E-state index in [4.69, 9.17) is 17.0 Å². The number of nitriles is 1. The van der Waals surface area contributed by atoms with Crippen LogP contribution in [0.3, 0.4) is 0 Å². The normalized spacial score (nSPS) is 14.5. The third-order valence-electron chi connectivity index (χ3n) is 5.57. The average Bonchev–Trinajstić information content (AvgIpc) is 3.27. The van der Waals surface area contributed by atoms with Crippen LogP contribution in [0.4, 0.5) is 0 Å². The minimum atomic E-state index is -0.0841. The van der Waals surface area contributed by atoms with Crippen molar-refractivity contribution in [3.8, 4) is 17.5 Å². The Morgan fingerprint density at radius 2 is 1.91 bits per heavy atom. The molecule has 0 radical (unpaired) electrons. The second kappa shape index (κ2) is 10.1. The van der Waals surface area contributed by atoms with Crippen LogP contribution in [0, 0.1) is 25.2 Å². The molecular formula is C27H23N3O2S2. The number of amides is 1. The zero-order chi connectivity index (χ0) is 24.2. The standard InChI is InChI=1S/C27H23N3O2S2/c1-4-13-29-26(31)25(34-27(29)33)15-22-14-18(2)30(19(22)3)23-9-11-24(12-10-23)32-17-21-8-6-5-7-20(21)16-28/h4-12,14-15H,1,13,17H2,2-3H3/b25-15-. The quantitative estimate of drug-likeness (QED) is 0.236. The van der Waals surface area contributed by atoms with Crippen molar-refractivity contribution in [1.82, 2.24) is 9.47 Å². The number of thiocarbonyl (C=S) groups is 1. The molecule has 1 saturated heterocycles. The summed E-state index contributed by atoms with van der Waals surface area (Å²) in [6.07, 6.45) is 3.58. The summed E-state index contributed by atoms with van der Waals surface area (Å²) in [6.45, 7) is 8.52. The minimum absolute atomic E-state index is 0.0841. The number of ether oxygens (including phenoxy) is 1. The van der Waals surface area contributed by atoms with Crippen LogP contribution in [0.1, 0.15) is 28.1 Å². The van der Waals surface area contributed by atoms with E-state index in [1.165, 1.54) is 11.8 Å². The van der Waals surface area contributed by atoms with Gasteiger partial charge in [-0.2, -0.15) is 5.26 Å². The summed E-state index contributed by atoms with van der Waals surface area (Å²) in [5.74, 6) is 0.643. The molecule has 1 fully saturated rings. The first-order valence-corrected chi connectivity index (χ1v) is 11.9. The molecule has 0 saturated carbocycles. The van der Waals surface area contributed by atoms with Crippen LogP contribution in [0.25, 0.3) is 11.8 Å². The third-order valence-corrected chi connectivity index (χ3v) is 6.95. The number of hydrogen-bond acceptors (Lipinski definition) is 5. The number of aryl methyl sites for hydroxylation is 1. The lowest BCUT2D eigenvalue weighted by Crippen LogP contribution is -2.27. The van der Waals surface area contributed by atoms with E-state index in [0.717, 1.165) is 34.0 Å². The van der Waals surface area contributed by atoms with Crippen LogP contribution in [0.2, 0.25) is 0 Å². The number of benzene rings is 2. The highest BCUT2D eigenvalue weighted by Gasteiger charge is 2.31. The summed E-state index contributed by atoms with van der Waals surface area (Å²) in [6, 6.07) is 19.5. The minimum Gasteiger partial charge on any atom is -0.489 e. The molecule has 1 aliphatic heterocycles. The molecule has 0 aliphatic carbocycles. The molecule has 1 amide bonds. The SMILES string of the molecule is C=CCN1C(=O)/C(=C/c2cc(C)n(-c3ccc(OCc4ccccc4C#N)cc3)c2C)SC1=S. The summed E-state index contributed by atoms with van der Waals surface area (Å²) < 4.78 is 8.60. The fraction of sp³-hybridized carbons (Fsp3) is 0.148. The van der Waals surface area contributed by atoms with E-state index in [1.807, 2.05) is 62.4 Å². The number of carbonyl (C=O) groups excluding carboxylic acids is 1. The van der Waals surface area contributed by atoms with Crippen LogP contribution < -0.4 is 4.74 Å². The largest absolute Gasteiger partial charge is 0.489 e. The van der Waals surface area contributed by atoms with Crippen LogP contribution in [-0.2, 0) is 11.4 Å². The first-order chi connectivity index (χ1) is 16.4. The van der Waals surface area contributed by atoms with E-state index in [0.29, 0.717) is 27.9 Å². The molecule has 0 bridgehead atoms. The number of aromatic nitrogens is 1. The molecule has 0 N–H and O–H groups in total. The molecule has 4 rings (SSSR count). The van der Waals surface area contributed by atoms with Crippen molar-refractivity contribution in [3.05, 3.63) is 100 Å². The van der Waals surface area contributed by atoms with E-state index < -0.39 is 0 Å². The monoisotopic (exact) mass is 485 g/mol. The maximum absolute atomic E-state index is 12.7. The van der Waals surface area contributed by atoms with Gasteiger partial charge in [-0.1, -0.05) is 48.3 Å². The van der Waals surface area contributed by atoms with Gasteiger partial charge in [-0.15, -0.1) is 6.58 Å². The lowest BCUT2D eigenvalue weighted by molar-refractivity contribution is -0.121. The lowest BCUT2D eigenvalue weighted by Gasteiger charge is -2.12. The molecule has 1 aliphatic rings. The second-order valence-electron chi connectivity index (χ2n) is 7.79. The molecule has 0 unspecified atom stereocenters. The van der Waals surface area contributed by atoms with Gasteiger partial charge in [-0.05, 0) is 61.9 Å². The van der Waals surface area contributed by atoms with Gasteiger partial charge < -0.3 is 9.30 Å². The molecule has 34 heavy (non-hydrogen) atoms. The van der Waals surface area contributed by atoms with Crippen molar-refractivity contribution in [2.24, 2.45) is 0 Å². The maximum atomic E-state index is 12.7. The van der Waals surface area contributed by atoms with Crippen molar-refractivity contribution in [3.63, 3.8) is 0 Å². The highest BCUT2D eigenvalue weighted by Crippen LogP contribution is 2.34. The zero-order valence-electron chi connectivity index (χ0n) is 18.9. The Balaban J connectivity index is 1.53. The molecule has 0 atom stereocenters. The van der Waals surface area contributed by atoms with Crippen molar-refractivity contribution in [1.29, 1.82) is 5.26 Å². The van der Waals surface area contributed by atoms with Crippen molar-refractivity contribution in [2.45, 2.75) is 20.5 Å². The van der Waals surface area contributed by atoms with Crippen molar-refractivity contribution < 1.29 is 9.53 Å². The molecule has 0 spiro atoms. The van der Waals surface area contributed by atoms with E-state index >= 15 is 0 Å². The topological polar surface area (TPSA) is 58.3 Å². The first-order valence-electron chi connectivity index (χ1n) is 10.7. The van der Waals surface area contributed by atoms with Gasteiger partial charge in [0, 0.05) is 29.2 Å². The highest BCUT2D eigenvalue weighted by atomic mass is 32.2. The Bertz CT molecular complexity index is 1350. The number of thioether (sulfide) groups is 1. The van der Waals surface area contributed by atoms with Crippen LogP contribution >= 0.6 is 24.0 Å². The van der Waals surface area contributed by atoms with Crippen molar-refractivity contribution in [2.75, 3.05) is 6.54 Å². The predicted molar refractivity (Wildman–Crippen MR) is 141 cm³/mol. The Hall–Kier alpha value is -3.60. The molecule has 2 aromatic carbocycles. The van der Waals surface area contributed by atoms with Gasteiger partial charge in [0.15, 0.2) is 0 Å². The summed E-state index contributed by atoms with van der Waals surface area (Å²) in [5, 5.41) is 9.24. The Labute approximate surface area is 209 Å². The summed E-state index contributed by atoms with van der Waals surface area (Å²) in [4.78, 5) is 14.9. The smallest absolute Gasteiger partial charge is 0.266 e. The number of hydrogen-bond donors (Lipinski definition) is 0. The van der Waals surface area contributed by atoms with E-state index in [2.05, 4.69) is 23.3 Å². The molecular weight excluding hydrogens is 462 g/mol. The Morgan fingerprint density at radius 1 is 1.18 bits per heavy atom. The fourth-order valence-corrected chi connectivity index (χ4v) is 5.13. The molecule has 2 heterocycles. The van der Waals surface area contributed by atoms with Crippen LogP contribution in [0.5, 0.6) is 5.75 Å².